The van der Waals surface area contributed by atoms with Crippen molar-refractivity contribution in [3.05, 3.63) is 89.2 Å². The third kappa shape index (κ3) is 5.06. The van der Waals surface area contributed by atoms with E-state index in [1.54, 1.807) is 12.4 Å². The van der Waals surface area contributed by atoms with E-state index in [2.05, 4.69) is 41.5 Å². The van der Waals surface area contributed by atoms with E-state index in [-0.39, 0.29) is 0 Å². The molecule has 0 aliphatic heterocycles. The van der Waals surface area contributed by atoms with Crippen molar-refractivity contribution in [2.45, 2.75) is 6.92 Å². The van der Waals surface area contributed by atoms with Gasteiger partial charge in [0.25, 0.3) is 0 Å². The van der Waals surface area contributed by atoms with Gasteiger partial charge in [0.1, 0.15) is 0 Å². The topological polar surface area (TPSA) is 62.7 Å². The summed E-state index contributed by atoms with van der Waals surface area (Å²) >= 11 is 8.95. The van der Waals surface area contributed by atoms with Crippen LogP contribution in [0.5, 0.6) is 0 Å². The van der Waals surface area contributed by atoms with E-state index in [0.29, 0.717) is 11.1 Å². The number of aryl methyl sites for hydroxylation is 1. The molecule has 5 nitrogen and oxygen atoms in total. The molecule has 30 heavy (non-hydrogen) atoms. The molecule has 0 spiro atoms. The summed E-state index contributed by atoms with van der Waals surface area (Å²) in [5.41, 5.74) is 5.46. The third-order valence-electron chi connectivity index (χ3n) is 4.30. The Labute approximate surface area is 188 Å². The number of hydrogen-bond acceptors (Lipinski definition) is 4. The quantitative estimate of drug-likeness (QED) is 0.348. The van der Waals surface area contributed by atoms with Gasteiger partial charge in [0.15, 0.2) is 5.11 Å². The zero-order valence-electron chi connectivity index (χ0n) is 16.1. The largest absolute Gasteiger partial charge is 0.332 e. The molecule has 2 heterocycles. The third-order valence-corrected chi connectivity index (χ3v) is 4.94. The first-order chi connectivity index (χ1) is 14.6. The second-order valence-corrected chi connectivity index (χ2v) is 7.99. The smallest absolute Gasteiger partial charge is 0.230 e. The summed E-state index contributed by atoms with van der Waals surface area (Å²) in [6.07, 6.45) is 3.51. The van der Waals surface area contributed by atoms with Crippen LogP contribution in [-0.2, 0) is 0 Å². The van der Waals surface area contributed by atoms with Gasteiger partial charge in [0.05, 0.1) is 11.4 Å². The van der Waals surface area contributed by atoms with Gasteiger partial charge in [-0.2, -0.15) is 0 Å². The summed E-state index contributed by atoms with van der Waals surface area (Å²) in [6, 6.07) is 21.9. The normalized spacial score (nSPS) is 10.5. The van der Waals surface area contributed by atoms with E-state index in [0.717, 1.165) is 38.2 Å². The van der Waals surface area contributed by atoms with Gasteiger partial charge in [0.2, 0.25) is 5.95 Å². The highest BCUT2D eigenvalue weighted by atomic mass is 79.9. The lowest BCUT2D eigenvalue weighted by Crippen LogP contribution is -2.21. The second kappa shape index (κ2) is 9.11. The molecule has 0 unspecified atom stereocenters. The molecule has 148 valence electrons. The molecule has 2 aromatic carbocycles. The summed E-state index contributed by atoms with van der Waals surface area (Å²) in [4.78, 5) is 13.6. The van der Waals surface area contributed by atoms with Gasteiger partial charge in [-0.3, -0.25) is 4.98 Å². The Balaban J connectivity index is 1.67. The van der Waals surface area contributed by atoms with E-state index >= 15 is 0 Å². The van der Waals surface area contributed by atoms with Crippen molar-refractivity contribution in [1.29, 1.82) is 0 Å². The van der Waals surface area contributed by atoms with Gasteiger partial charge in [0, 0.05) is 33.7 Å². The maximum Gasteiger partial charge on any atom is 0.230 e. The number of pyridine rings is 1. The van der Waals surface area contributed by atoms with Crippen LogP contribution in [0.3, 0.4) is 0 Å². The van der Waals surface area contributed by atoms with Gasteiger partial charge in [-0.1, -0.05) is 42.5 Å². The van der Waals surface area contributed by atoms with Crippen LogP contribution in [0.4, 0.5) is 11.6 Å². The van der Waals surface area contributed by atoms with E-state index < -0.39 is 0 Å². The Morgan fingerprint density at radius 3 is 2.33 bits per heavy atom. The predicted molar refractivity (Wildman–Crippen MR) is 129 cm³/mol. The van der Waals surface area contributed by atoms with Crippen LogP contribution in [0.2, 0.25) is 0 Å². The molecule has 0 radical (unpaired) electrons. The molecule has 0 bridgehead atoms. The standard InChI is InChI=1S/C23H18BrN5S/c1-15-6-5-9-19(10-15)26-23(30)29-22-27-20(16-7-3-2-4-8-16)12-21(28-22)17-11-18(24)14-25-13-17/h2-14H,1H3,(H2,26,27,28,29,30). The Morgan fingerprint density at radius 1 is 0.833 bits per heavy atom. The van der Waals surface area contributed by atoms with Crippen molar-refractivity contribution < 1.29 is 0 Å². The molecule has 4 rings (SSSR count). The average Bonchev–Trinajstić information content (AvgIpc) is 2.74. The summed E-state index contributed by atoms with van der Waals surface area (Å²) < 4.78 is 0.881. The molecule has 2 aromatic heterocycles. The highest BCUT2D eigenvalue weighted by Crippen LogP contribution is 2.26. The van der Waals surface area contributed by atoms with E-state index in [1.165, 1.54) is 0 Å². The predicted octanol–water partition coefficient (Wildman–Crippen LogP) is 6.09. The molecule has 0 atom stereocenters. The molecule has 0 fully saturated rings. The number of nitrogens with zero attached hydrogens (tertiary/aromatic N) is 3. The fourth-order valence-electron chi connectivity index (χ4n) is 2.95. The van der Waals surface area contributed by atoms with Gasteiger partial charge < -0.3 is 10.6 Å². The van der Waals surface area contributed by atoms with Gasteiger partial charge in [-0.25, -0.2) is 9.97 Å². The van der Waals surface area contributed by atoms with Crippen LogP contribution < -0.4 is 10.6 Å². The molecule has 7 heteroatoms. The summed E-state index contributed by atoms with van der Waals surface area (Å²) in [7, 11) is 0. The Kier molecular flexibility index (Phi) is 6.11. The fourth-order valence-corrected chi connectivity index (χ4v) is 3.52. The van der Waals surface area contributed by atoms with Crippen LogP contribution in [0.25, 0.3) is 22.5 Å². The maximum absolute atomic E-state index is 5.48. The Bertz CT molecular complexity index is 1200. The van der Waals surface area contributed by atoms with Crippen LogP contribution >= 0.6 is 28.1 Å². The van der Waals surface area contributed by atoms with Crippen molar-refractivity contribution in [2.24, 2.45) is 0 Å². The first-order valence-corrected chi connectivity index (χ1v) is 10.5. The number of hydrogen-bond donors (Lipinski definition) is 2. The van der Waals surface area contributed by atoms with E-state index in [1.807, 2.05) is 73.7 Å². The second-order valence-electron chi connectivity index (χ2n) is 6.67. The zero-order chi connectivity index (χ0) is 20.9. The number of rotatable bonds is 4. The number of anilines is 2. The van der Waals surface area contributed by atoms with E-state index in [9.17, 15) is 0 Å². The fraction of sp³-hybridized carbons (Fsp3) is 0.0435. The molecule has 0 amide bonds. The first-order valence-electron chi connectivity index (χ1n) is 9.27. The average molecular weight is 476 g/mol. The molecule has 0 aliphatic carbocycles. The number of halogens is 1. The highest BCUT2D eigenvalue weighted by molar-refractivity contribution is 9.10. The maximum atomic E-state index is 5.48. The molecular formula is C23H18BrN5S. The number of benzene rings is 2. The summed E-state index contributed by atoms with van der Waals surface area (Å²) in [5.74, 6) is 0.413. The molecule has 2 N–H and O–H groups in total. The zero-order valence-corrected chi connectivity index (χ0v) is 18.5. The number of nitrogens with one attached hydrogen (secondary N) is 2. The Morgan fingerprint density at radius 2 is 1.60 bits per heavy atom. The lowest BCUT2D eigenvalue weighted by atomic mass is 10.1. The number of aromatic nitrogens is 3. The molecule has 4 aromatic rings. The summed E-state index contributed by atoms with van der Waals surface area (Å²) in [5, 5.41) is 6.71. The molecule has 0 saturated heterocycles. The van der Waals surface area contributed by atoms with Gasteiger partial charge in [-0.05, 0) is 64.9 Å². The van der Waals surface area contributed by atoms with Gasteiger partial charge in [-0.15, -0.1) is 0 Å². The van der Waals surface area contributed by atoms with Gasteiger partial charge >= 0.3 is 0 Å². The minimum atomic E-state index is 0.413. The monoisotopic (exact) mass is 475 g/mol. The number of thiocarbonyl (C=S) groups is 1. The minimum absolute atomic E-state index is 0.413. The van der Waals surface area contributed by atoms with Crippen LogP contribution in [0.1, 0.15) is 5.56 Å². The van der Waals surface area contributed by atoms with Crippen molar-refractivity contribution in [3.63, 3.8) is 0 Å². The molecular weight excluding hydrogens is 458 g/mol. The lowest BCUT2D eigenvalue weighted by Gasteiger charge is -2.12. The van der Waals surface area contributed by atoms with E-state index in [4.69, 9.17) is 12.2 Å². The van der Waals surface area contributed by atoms with Crippen LogP contribution in [0, 0.1) is 6.92 Å². The van der Waals surface area contributed by atoms with Crippen molar-refractivity contribution in [2.75, 3.05) is 10.6 Å². The van der Waals surface area contributed by atoms with Crippen LogP contribution in [0.15, 0.2) is 83.6 Å². The first kappa shape index (κ1) is 20.1. The van der Waals surface area contributed by atoms with Crippen LogP contribution in [-0.4, -0.2) is 20.1 Å². The summed E-state index contributed by atoms with van der Waals surface area (Å²) in [6.45, 7) is 2.03. The molecule has 0 aliphatic rings. The lowest BCUT2D eigenvalue weighted by molar-refractivity contribution is 1.17. The van der Waals surface area contributed by atoms with Crippen molar-refractivity contribution in [3.8, 4) is 22.5 Å². The SMILES string of the molecule is Cc1cccc(NC(=S)Nc2nc(-c3ccccc3)cc(-c3cncc(Br)c3)n2)c1. The highest BCUT2D eigenvalue weighted by Gasteiger charge is 2.11. The molecule has 0 saturated carbocycles. The Hall–Kier alpha value is -3.16. The van der Waals surface area contributed by atoms with Crippen molar-refractivity contribution >= 4 is 44.9 Å². The minimum Gasteiger partial charge on any atom is -0.332 e. The van der Waals surface area contributed by atoms with Crippen molar-refractivity contribution in [1.82, 2.24) is 15.0 Å².